The van der Waals surface area contributed by atoms with E-state index in [-0.39, 0.29) is 28.1 Å². The van der Waals surface area contributed by atoms with Gasteiger partial charge in [0.1, 0.15) is 0 Å². The second-order valence-corrected chi connectivity index (χ2v) is 6.50. The third-order valence-corrected chi connectivity index (χ3v) is 3.74. The van der Waals surface area contributed by atoms with Crippen LogP contribution in [0.25, 0.3) is 5.73 Å². The zero-order chi connectivity index (χ0) is 19.6. The van der Waals surface area contributed by atoms with Crippen LogP contribution in [0.5, 0.6) is 0 Å². The van der Waals surface area contributed by atoms with Gasteiger partial charge in [-0.3, -0.25) is 4.79 Å². The van der Waals surface area contributed by atoms with Gasteiger partial charge in [-0.05, 0) is 24.7 Å². The summed E-state index contributed by atoms with van der Waals surface area (Å²) >= 11 is 0. The molecule has 0 heterocycles. The fraction of sp³-hybridized carbons (Fsp3) is 0.889. The van der Waals surface area contributed by atoms with E-state index in [2.05, 4.69) is 19.2 Å². The van der Waals surface area contributed by atoms with E-state index in [4.69, 9.17) is 10.5 Å². The molecular weight excluding hydrogens is 356 g/mol. The fourth-order valence-electron chi connectivity index (χ4n) is 2.58. The Balaban J connectivity index is -0.000000153. The van der Waals surface area contributed by atoms with Gasteiger partial charge in [0.15, 0.2) is 0 Å². The van der Waals surface area contributed by atoms with Gasteiger partial charge in [0.2, 0.25) is 6.41 Å². The Morgan fingerprint density at radius 3 is 1.76 bits per heavy atom. The molecule has 1 aliphatic carbocycles. The minimum atomic E-state index is -0.417. The number of nitrogens with one attached hydrogen (secondary N) is 2. The van der Waals surface area contributed by atoms with Crippen LogP contribution in [0.1, 0.15) is 80.1 Å². The Morgan fingerprint density at radius 2 is 1.48 bits per heavy atom. The van der Waals surface area contributed by atoms with Crippen LogP contribution in [-0.4, -0.2) is 31.1 Å². The minimum absolute atomic E-state index is 0. The van der Waals surface area contributed by atoms with Crippen LogP contribution in [0.3, 0.4) is 0 Å². The van der Waals surface area contributed by atoms with Crippen molar-refractivity contribution in [3.63, 3.8) is 0 Å². The molecule has 1 aliphatic rings. The number of hydrogen-bond acceptors (Lipinski definition) is 4. The summed E-state index contributed by atoms with van der Waals surface area (Å²) in [5.41, 5.74) is 6.04. The predicted molar refractivity (Wildman–Crippen MR) is 95.1 cm³/mol. The first kappa shape index (κ1) is 32.3. The van der Waals surface area contributed by atoms with Gasteiger partial charge in [-0.1, -0.05) is 60.8 Å². The van der Waals surface area contributed by atoms with Crippen LogP contribution < -0.4 is 15.5 Å². The van der Waals surface area contributed by atoms with Crippen molar-refractivity contribution in [1.82, 2.24) is 5.32 Å². The summed E-state index contributed by atoms with van der Waals surface area (Å²) in [7, 11) is 0. The second kappa shape index (κ2) is 21.6. The van der Waals surface area contributed by atoms with Crippen LogP contribution in [0.4, 0.5) is 0 Å². The number of hydrogen-bond donors (Lipinski definition) is 1. The average molecular weight is 393 g/mol. The molecule has 1 radical (unpaired) electrons. The quantitative estimate of drug-likeness (QED) is 0.582. The summed E-state index contributed by atoms with van der Waals surface area (Å²) in [6.45, 7) is 11.0. The molecule has 1 fully saturated rings. The minimum Gasteiger partial charge on any atom is -0.852 e. The summed E-state index contributed by atoms with van der Waals surface area (Å²) in [6, 6.07) is 0.436. The molecule has 1 rings (SSSR count). The summed E-state index contributed by atoms with van der Waals surface area (Å²) < 4.78 is 0. The van der Waals surface area contributed by atoms with Crippen molar-refractivity contribution in [1.29, 1.82) is 0 Å². The van der Waals surface area contributed by atoms with E-state index in [1.54, 1.807) is 27.7 Å². The second-order valence-electron chi connectivity index (χ2n) is 6.50. The molecule has 1 saturated carbocycles. The van der Waals surface area contributed by atoms with Gasteiger partial charge in [-0.2, -0.15) is 0 Å². The first-order valence-corrected chi connectivity index (χ1v) is 8.76. The van der Waals surface area contributed by atoms with Crippen molar-refractivity contribution in [2.45, 2.75) is 98.3 Å². The third-order valence-electron chi connectivity index (χ3n) is 3.74. The van der Waals surface area contributed by atoms with Crippen molar-refractivity contribution in [3.05, 3.63) is 5.73 Å². The molecule has 0 aromatic heterocycles. The van der Waals surface area contributed by atoms with Crippen molar-refractivity contribution in [2.75, 3.05) is 0 Å². The van der Waals surface area contributed by atoms with Crippen LogP contribution in [0, 0.1) is 5.41 Å². The molecule has 1 unspecified atom stereocenters. The maximum atomic E-state index is 10.3. The Kier molecular flexibility index (Phi) is 27.9. The molecule has 147 valence electrons. The Morgan fingerprint density at radius 1 is 1.12 bits per heavy atom. The molecule has 0 aromatic rings. The Labute approximate surface area is 169 Å². The molecule has 0 saturated heterocycles. The van der Waals surface area contributed by atoms with E-state index in [0.717, 1.165) is 6.41 Å². The molecule has 0 spiro atoms. The van der Waals surface area contributed by atoms with Crippen molar-refractivity contribution < 1.29 is 41.5 Å². The van der Waals surface area contributed by atoms with Gasteiger partial charge in [0.05, 0.1) is 0 Å². The first-order valence-electron chi connectivity index (χ1n) is 8.76. The molecule has 2 N–H and O–H groups in total. The van der Waals surface area contributed by atoms with Gasteiger partial charge < -0.3 is 26.1 Å². The molecule has 6 nitrogen and oxygen atoms in total. The molecule has 0 aliphatic heterocycles. The zero-order valence-corrected chi connectivity index (χ0v) is 18.3. The fourth-order valence-corrected chi connectivity index (χ4v) is 2.58. The van der Waals surface area contributed by atoms with E-state index in [1.165, 1.54) is 38.5 Å². The smallest absolute Gasteiger partial charge is 0.852 e. The Bertz CT molecular complexity index is 275. The van der Waals surface area contributed by atoms with Crippen LogP contribution in [0.2, 0.25) is 0 Å². The van der Waals surface area contributed by atoms with Crippen molar-refractivity contribution in [2.24, 2.45) is 5.41 Å². The standard InChI is InChI=1S/C11H21NO.2C3H7O.CH3NO.Ti/c1-3-11(4-2)7-5-6-10(8-11)12-9-13;2*1-3(2)4;2-1-3;/h9-10H,3-8H2,1-2H3,(H,12,13);2*3H,1-2H3;1H,(H2,2,3);/q;2*-1;;+3/p-1. The number of amides is 2. The van der Waals surface area contributed by atoms with Crippen LogP contribution in [0.15, 0.2) is 0 Å². The summed E-state index contributed by atoms with van der Waals surface area (Å²) in [6.07, 6.45) is 7.48. The number of carbonyl (C=O) groups is 2. The summed E-state index contributed by atoms with van der Waals surface area (Å²) in [4.78, 5) is 18.8. The Hall–Kier alpha value is -0.426. The van der Waals surface area contributed by atoms with Gasteiger partial charge in [-0.25, -0.2) is 0 Å². The van der Waals surface area contributed by atoms with Crippen LogP contribution in [-0.2, 0) is 31.3 Å². The average Bonchev–Trinajstić information content (AvgIpc) is 2.47. The molecule has 0 aromatic carbocycles. The topological polar surface area (TPSA) is 116 Å². The third kappa shape index (κ3) is 25.9. The van der Waals surface area contributed by atoms with E-state index in [1.807, 2.05) is 0 Å². The molecule has 1 atom stereocenters. The molecule has 0 bridgehead atoms. The predicted octanol–water partition coefficient (Wildman–Crippen LogP) is 2.18. The first-order chi connectivity index (χ1) is 11.1. The summed E-state index contributed by atoms with van der Waals surface area (Å²) in [5.74, 6) is 0. The van der Waals surface area contributed by atoms with Gasteiger partial charge in [-0.15, -0.1) is 12.2 Å². The van der Waals surface area contributed by atoms with E-state index >= 15 is 0 Å². The van der Waals surface area contributed by atoms with E-state index in [0.29, 0.717) is 11.5 Å². The van der Waals surface area contributed by atoms with Gasteiger partial charge >= 0.3 is 21.7 Å². The molecular formula is C18H37N2O4Ti. The van der Waals surface area contributed by atoms with Crippen LogP contribution >= 0.6 is 0 Å². The summed E-state index contributed by atoms with van der Waals surface area (Å²) in [5, 5.41) is 22.0. The van der Waals surface area contributed by atoms with E-state index in [9.17, 15) is 15.0 Å². The maximum absolute atomic E-state index is 10.3. The monoisotopic (exact) mass is 393 g/mol. The molecule has 25 heavy (non-hydrogen) atoms. The van der Waals surface area contributed by atoms with E-state index < -0.39 is 12.2 Å². The largest absolute Gasteiger partial charge is 3.00 e. The normalized spacial score (nSPS) is 17.3. The number of rotatable bonds is 4. The number of carbonyl (C=O) groups excluding carboxylic acids is 2. The SMILES string of the molecule is CC(C)[O-].CC(C)[O-].CCC1(CC)CCCC(NC=O)C1.[NH-]C=O.[Ti+3]. The molecule has 2 amide bonds. The van der Waals surface area contributed by atoms with Gasteiger partial charge in [0, 0.05) is 12.5 Å². The van der Waals surface area contributed by atoms with Gasteiger partial charge in [0.25, 0.3) is 0 Å². The maximum Gasteiger partial charge on any atom is 3.00 e. The van der Waals surface area contributed by atoms with Crippen molar-refractivity contribution >= 4 is 12.8 Å². The zero-order valence-electron chi connectivity index (χ0n) is 16.8. The van der Waals surface area contributed by atoms with Crippen molar-refractivity contribution in [3.8, 4) is 0 Å². The molecule has 7 heteroatoms.